The lowest BCUT2D eigenvalue weighted by molar-refractivity contribution is -0.132. The van der Waals surface area contributed by atoms with Crippen LogP contribution < -0.4 is 0 Å². The van der Waals surface area contributed by atoms with Crippen molar-refractivity contribution in [3.63, 3.8) is 0 Å². The third kappa shape index (κ3) is 4.90. The fraction of sp³-hybridized carbons (Fsp3) is 0.562. The molecule has 0 aliphatic carbocycles. The van der Waals surface area contributed by atoms with Gasteiger partial charge in [0.1, 0.15) is 0 Å². The fourth-order valence-corrected chi connectivity index (χ4v) is 3.90. The van der Waals surface area contributed by atoms with E-state index in [-0.39, 0.29) is 5.91 Å². The van der Waals surface area contributed by atoms with Crippen LogP contribution in [0.2, 0.25) is 5.02 Å². The van der Waals surface area contributed by atoms with Gasteiger partial charge in [-0.15, -0.1) is 0 Å². The Morgan fingerprint density at radius 1 is 1.43 bits per heavy atom. The molecule has 0 bridgehead atoms. The van der Waals surface area contributed by atoms with Gasteiger partial charge in [-0.25, -0.2) is 0 Å². The number of halogens is 1. The zero-order valence-corrected chi connectivity index (χ0v) is 14.3. The molecule has 1 fully saturated rings. The van der Waals surface area contributed by atoms with Gasteiger partial charge in [0.05, 0.1) is 12.5 Å². The molecule has 0 aromatic heterocycles. The number of carbonyl (C=O) groups excluding carboxylic acids is 1. The summed E-state index contributed by atoms with van der Waals surface area (Å²) in [4.78, 5) is 16.9. The fourth-order valence-electron chi connectivity index (χ4n) is 2.64. The zero-order valence-electron chi connectivity index (χ0n) is 12.7. The van der Waals surface area contributed by atoms with Gasteiger partial charge in [-0.3, -0.25) is 4.79 Å². The quantitative estimate of drug-likeness (QED) is 0.850. The lowest BCUT2D eigenvalue weighted by Gasteiger charge is -2.32. The van der Waals surface area contributed by atoms with Crippen LogP contribution in [0.15, 0.2) is 24.3 Å². The van der Waals surface area contributed by atoms with E-state index in [1.54, 1.807) is 0 Å². The molecule has 0 saturated carbocycles. The van der Waals surface area contributed by atoms with Crippen LogP contribution in [0.3, 0.4) is 0 Å². The molecule has 0 spiro atoms. The van der Waals surface area contributed by atoms with E-state index in [1.807, 2.05) is 36.0 Å². The summed E-state index contributed by atoms with van der Waals surface area (Å²) in [6, 6.07) is 7.91. The number of carbonyl (C=O) groups is 1. The van der Waals surface area contributed by atoms with Crippen LogP contribution in [0.1, 0.15) is 12.0 Å². The van der Waals surface area contributed by atoms with E-state index in [2.05, 4.69) is 23.9 Å². The van der Waals surface area contributed by atoms with E-state index in [4.69, 9.17) is 11.6 Å². The van der Waals surface area contributed by atoms with Crippen molar-refractivity contribution in [2.45, 2.75) is 18.9 Å². The molecule has 1 aromatic carbocycles. The first kappa shape index (κ1) is 16.7. The maximum Gasteiger partial charge on any atom is 0.227 e. The molecule has 2 rings (SSSR count). The molecule has 1 aromatic rings. The Balaban J connectivity index is 2.08. The molecule has 1 aliphatic heterocycles. The van der Waals surface area contributed by atoms with Crippen molar-refractivity contribution >= 4 is 29.3 Å². The molecule has 1 heterocycles. The number of rotatable bonds is 4. The van der Waals surface area contributed by atoms with Crippen molar-refractivity contribution in [3.8, 4) is 0 Å². The zero-order chi connectivity index (χ0) is 15.2. The van der Waals surface area contributed by atoms with Crippen molar-refractivity contribution in [1.82, 2.24) is 9.80 Å². The smallest absolute Gasteiger partial charge is 0.227 e. The summed E-state index contributed by atoms with van der Waals surface area (Å²) >= 11 is 8.13. The van der Waals surface area contributed by atoms with Crippen LogP contribution in [0.5, 0.6) is 0 Å². The molecule has 116 valence electrons. The van der Waals surface area contributed by atoms with Crippen LogP contribution in [-0.2, 0) is 11.2 Å². The molecule has 1 atom stereocenters. The topological polar surface area (TPSA) is 23.6 Å². The van der Waals surface area contributed by atoms with E-state index >= 15 is 0 Å². The Kier molecular flexibility index (Phi) is 6.40. The lowest BCUT2D eigenvalue weighted by atomic mass is 10.1. The lowest BCUT2D eigenvalue weighted by Crippen LogP contribution is -2.47. The second-order valence-electron chi connectivity index (χ2n) is 5.70. The summed E-state index contributed by atoms with van der Waals surface area (Å²) in [5.41, 5.74) is 0.921. The van der Waals surface area contributed by atoms with Gasteiger partial charge in [0, 0.05) is 23.9 Å². The SMILES string of the molecule is CN(C)C[C@@H]1CSCCCN1C(=O)Cc1ccccc1Cl. The predicted molar refractivity (Wildman–Crippen MR) is 91.2 cm³/mol. The minimum absolute atomic E-state index is 0.192. The maximum atomic E-state index is 12.7. The molecule has 21 heavy (non-hydrogen) atoms. The summed E-state index contributed by atoms with van der Waals surface area (Å²) < 4.78 is 0. The van der Waals surface area contributed by atoms with Gasteiger partial charge in [0.15, 0.2) is 0 Å². The van der Waals surface area contributed by atoms with Crippen LogP contribution in [-0.4, -0.2) is 60.4 Å². The number of hydrogen-bond acceptors (Lipinski definition) is 3. The Morgan fingerprint density at radius 3 is 2.90 bits per heavy atom. The molecule has 5 heteroatoms. The number of amides is 1. The second-order valence-corrected chi connectivity index (χ2v) is 7.26. The Hall–Kier alpha value is -0.710. The predicted octanol–water partition coefficient (Wildman–Crippen LogP) is 2.78. The average Bonchev–Trinajstić information content (AvgIpc) is 2.66. The van der Waals surface area contributed by atoms with Gasteiger partial charge in [-0.05, 0) is 37.9 Å². The molecule has 1 aliphatic rings. The number of benzene rings is 1. The van der Waals surface area contributed by atoms with Crippen molar-refractivity contribution in [2.75, 3.05) is 38.7 Å². The summed E-state index contributed by atoms with van der Waals surface area (Å²) in [6.45, 7) is 1.77. The minimum atomic E-state index is 0.192. The normalized spacial score (nSPS) is 19.6. The van der Waals surface area contributed by atoms with Gasteiger partial charge in [0.2, 0.25) is 5.91 Å². The van der Waals surface area contributed by atoms with Gasteiger partial charge in [-0.2, -0.15) is 11.8 Å². The van der Waals surface area contributed by atoms with E-state index < -0.39 is 0 Å². The van der Waals surface area contributed by atoms with Crippen LogP contribution in [0.4, 0.5) is 0 Å². The van der Waals surface area contributed by atoms with Gasteiger partial charge in [-0.1, -0.05) is 29.8 Å². The number of likely N-dealkylation sites (N-methyl/N-ethyl adjacent to an activating group) is 1. The highest BCUT2D eigenvalue weighted by molar-refractivity contribution is 7.99. The molecule has 3 nitrogen and oxygen atoms in total. The van der Waals surface area contributed by atoms with Crippen molar-refractivity contribution in [1.29, 1.82) is 0 Å². The van der Waals surface area contributed by atoms with E-state index in [0.29, 0.717) is 17.5 Å². The van der Waals surface area contributed by atoms with Gasteiger partial charge >= 0.3 is 0 Å². The summed E-state index contributed by atoms with van der Waals surface area (Å²) in [6.07, 6.45) is 1.47. The first-order valence-electron chi connectivity index (χ1n) is 7.33. The first-order valence-corrected chi connectivity index (χ1v) is 8.86. The van der Waals surface area contributed by atoms with E-state index in [9.17, 15) is 4.79 Å². The van der Waals surface area contributed by atoms with Crippen molar-refractivity contribution in [3.05, 3.63) is 34.9 Å². The Labute approximate surface area is 136 Å². The highest BCUT2D eigenvalue weighted by Gasteiger charge is 2.26. The molecule has 0 unspecified atom stereocenters. The third-order valence-corrected chi connectivity index (χ3v) is 5.20. The Morgan fingerprint density at radius 2 is 2.19 bits per heavy atom. The summed E-state index contributed by atoms with van der Waals surface area (Å²) in [5, 5.41) is 0.680. The molecular weight excluding hydrogens is 304 g/mol. The van der Waals surface area contributed by atoms with Crippen molar-refractivity contribution < 1.29 is 4.79 Å². The average molecular weight is 327 g/mol. The first-order chi connectivity index (χ1) is 10.1. The maximum absolute atomic E-state index is 12.7. The van der Waals surface area contributed by atoms with E-state index in [1.165, 1.54) is 0 Å². The second kappa shape index (κ2) is 8.06. The van der Waals surface area contributed by atoms with Crippen molar-refractivity contribution in [2.24, 2.45) is 0 Å². The Bertz CT molecular complexity index is 481. The van der Waals surface area contributed by atoms with Crippen LogP contribution in [0.25, 0.3) is 0 Å². The van der Waals surface area contributed by atoms with Gasteiger partial charge < -0.3 is 9.80 Å². The molecule has 0 N–H and O–H groups in total. The molecule has 1 saturated heterocycles. The molecule has 0 radical (unpaired) electrons. The van der Waals surface area contributed by atoms with Crippen LogP contribution >= 0.6 is 23.4 Å². The largest absolute Gasteiger partial charge is 0.337 e. The van der Waals surface area contributed by atoms with Crippen LogP contribution in [0, 0.1) is 0 Å². The summed E-state index contributed by atoms with van der Waals surface area (Å²) in [5.74, 6) is 2.35. The molecule has 1 amide bonds. The standard InChI is InChI=1S/C16H23ClN2OS/c1-18(2)11-14-12-21-9-5-8-19(14)16(20)10-13-6-3-4-7-15(13)17/h3-4,6-7,14H,5,8-12H2,1-2H3/t14-/m1/s1. The molecular formula is C16H23ClN2OS. The third-order valence-electron chi connectivity index (χ3n) is 3.63. The number of nitrogens with zero attached hydrogens (tertiary/aromatic N) is 2. The highest BCUT2D eigenvalue weighted by atomic mass is 35.5. The van der Waals surface area contributed by atoms with Gasteiger partial charge in [0.25, 0.3) is 0 Å². The monoisotopic (exact) mass is 326 g/mol. The van der Waals surface area contributed by atoms with E-state index in [0.717, 1.165) is 36.6 Å². The minimum Gasteiger partial charge on any atom is -0.337 e. The highest BCUT2D eigenvalue weighted by Crippen LogP contribution is 2.20. The summed E-state index contributed by atoms with van der Waals surface area (Å²) in [7, 11) is 4.12. The number of thioether (sulfide) groups is 1. The number of hydrogen-bond donors (Lipinski definition) is 0.